The summed E-state index contributed by atoms with van der Waals surface area (Å²) < 4.78 is 37.8. The number of hydrogen-bond donors (Lipinski definition) is 2. The summed E-state index contributed by atoms with van der Waals surface area (Å²) in [5.74, 6) is 0.745. The van der Waals surface area contributed by atoms with E-state index in [1.54, 1.807) is 36.5 Å². The molecule has 268 valence electrons. The molecule has 4 aromatic rings. The van der Waals surface area contributed by atoms with Crippen LogP contribution in [0.15, 0.2) is 71.9 Å². The van der Waals surface area contributed by atoms with Gasteiger partial charge in [-0.2, -0.15) is 13.4 Å². The molecule has 4 rings (SSSR count). The number of amidine groups is 1. The number of imidazole rings is 1. The van der Waals surface area contributed by atoms with Gasteiger partial charge in [-0.1, -0.05) is 56.5 Å². The number of pyridine rings is 1. The number of fused-ring (bicyclic) bond motifs is 1. The number of carbonyl (C=O) groups is 3. The molecule has 14 nitrogen and oxygen atoms in total. The van der Waals surface area contributed by atoms with Crippen LogP contribution >= 0.6 is 0 Å². The van der Waals surface area contributed by atoms with Gasteiger partial charge >= 0.3 is 12.1 Å². The number of benzene rings is 2. The third-order valence-electron chi connectivity index (χ3n) is 7.48. The number of unbranched alkanes of at least 4 members (excludes halogenated alkanes) is 3. The Labute approximate surface area is 292 Å². The Morgan fingerprint density at radius 3 is 2.34 bits per heavy atom. The van der Waals surface area contributed by atoms with Gasteiger partial charge in [0.25, 0.3) is 16.0 Å². The van der Waals surface area contributed by atoms with E-state index in [1.165, 1.54) is 12.0 Å². The second-order valence-electron chi connectivity index (χ2n) is 11.4. The lowest BCUT2D eigenvalue weighted by Crippen LogP contribution is -2.33. The normalized spacial score (nSPS) is 11.4. The topological polar surface area (TPSA) is 196 Å². The van der Waals surface area contributed by atoms with Crippen LogP contribution < -0.4 is 10.6 Å². The van der Waals surface area contributed by atoms with Crippen LogP contribution in [0.1, 0.15) is 66.3 Å². The Kier molecular flexibility index (Phi) is 15.0. The highest BCUT2D eigenvalue weighted by Gasteiger charge is 2.21. The monoisotopic (exact) mass is 708 g/mol. The molecule has 3 N–H and O–H groups in total. The van der Waals surface area contributed by atoms with E-state index in [-0.39, 0.29) is 24.7 Å². The van der Waals surface area contributed by atoms with Gasteiger partial charge in [-0.25, -0.2) is 14.8 Å². The lowest BCUT2D eigenvalue weighted by Gasteiger charge is -2.21. The van der Waals surface area contributed by atoms with Crippen LogP contribution in [0.25, 0.3) is 11.0 Å². The molecule has 2 aromatic heterocycles. The number of esters is 1. The lowest BCUT2D eigenvalue weighted by atomic mass is 10.1. The van der Waals surface area contributed by atoms with Gasteiger partial charge < -0.3 is 19.8 Å². The van der Waals surface area contributed by atoms with Gasteiger partial charge in [-0.3, -0.25) is 19.0 Å². The van der Waals surface area contributed by atoms with Crippen molar-refractivity contribution in [2.45, 2.75) is 51.9 Å². The quantitative estimate of drug-likeness (QED) is 0.0595. The minimum absolute atomic E-state index is 0.0426. The zero-order valence-corrected chi connectivity index (χ0v) is 29.6. The maximum absolute atomic E-state index is 13.6. The highest BCUT2D eigenvalue weighted by molar-refractivity contribution is 7.85. The summed E-state index contributed by atoms with van der Waals surface area (Å²) in [7, 11) is -0.398. The number of hydrogen-bond acceptors (Lipinski definition) is 9. The van der Waals surface area contributed by atoms with Crippen molar-refractivity contribution < 1.29 is 36.8 Å². The number of amides is 2. The van der Waals surface area contributed by atoms with E-state index >= 15 is 0 Å². The van der Waals surface area contributed by atoms with E-state index in [0.717, 1.165) is 49.0 Å². The minimum atomic E-state index is -3.67. The van der Waals surface area contributed by atoms with E-state index < -0.39 is 22.2 Å². The molecular formula is C35H44N6O8S. The first-order valence-electron chi connectivity index (χ1n) is 16.1. The first-order valence-corrected chi connectivity index (χ1v) is 17.9. The molecule has 0 radical (unpaired) electrons. The summed E-state index contributed by atoms with van der Waals surface area (Å²) in [4.78, 5) is 51.8. The molecule has 0 saturated heterocycles. The van der Waals surface area contributed by atoms with Gasteiger partial charge in [0.05, 0.1) is 37.4 Å². The zero-order chi connectivity index (χ0) is 36.7. The Morgan fingerprint density at radius 1 is 1.00 bits per heavy atom. The van der Waals surface area contributed by atoms with Gasteiger partial charge in [0.1, 0.15) is 17.5 Å². The lowest BCUT2D eigenvalue weighted by molar-refractivity contribution is -0.140. The fourth-order valence-corrected chi connectivity index (χ4v) is 4.88. The largest absolute Gasteiger partial charge is 0.469 e. The molecule has 0 bridgehead atoms. The molecule has 2 aromatic carbocycles. The standard InChI is InChI=1S/C34H40N6O5.CH4O3S/c1-4-5-6-9-22-45-34(43)38-32(35)25-14-11-24(12-15-25)13-18-30-37-27-23-26(16-17-28(27)39(30)2)33(42)40(21-19-31(41)44-3)29-10-7-8-20-36-29;1-5(2,3)4/h7-8,10-12,14-17,20,23H,4-6,9,13,18-19,21-22H2,1-3H3,(H2,35,38,43);1H3,(H,2,3,4). The van der Waals surface area contributed by atoms with E-state index in [4.69, 9.17) is 24.7 Å². The highest BCUT2D eigenvalue weighted by Crippen LogP contribution is 2.21. The fourth-order valence-electron chi connectivity index (χ4n) is 4.88. The molecule has 0 unspecified atom stereocenters. The Hall–Kier alpha value is -5.15. The van der Waals surface area contributed by atoms with Crippen LogP contribution in [0.4, 0.5) is 10.6 Å². The number of aromatic nitrogens is 3. The molecule has 2 heterocycles. The number of nitrogens with two attached hydrogens (primary N) is 1. The SMILES string of the molecule is CCCCCCOC(=O)/N=C(/N)c1ccc(CCc2nc3cc(C(=O)N(CCC(=O)OC)c4ccccn4)ccc3n2C)cc1.CS(=O)(=O)O. The molecule has 0 atom stereocenters. The fraction of sp³-hybridized carbons (Fsp3) is 0.371. The number of carbonyl (C=O) groups excluding carboxylic acids is 3. The average Bonchev–Trinajstić information content (AvgIpc) is 3.41. The molecule has 2 amide bonds. The van der Waals surface area contributed by atoms with Crippen molar-refractivity contribution in [3.8, 4) is 0 Å². The average molecular weight is 709 g/mol. The number of anilines is 1. The Balaban J connectivity index is 0.00000126. The van der Waals surface area contributed by atoms with Crippen LogP contribution in [0, 0.1) is 0 Å². The number of methoxy groups -OCH3 is 1. The molecule has 0 aliphatic rings. The highest BCUT2D eigenvalue weighted by atomic mass is 32.2. The van der Waals surface area contributed by atoms with Crippen LogP contribution in [-0.4, -0.2) is 77.8 Å². The van der Waals surface area contributed by atoms with Crippen molar-refractivity contribution in [3.05, 3.63) is 89.4 Å². The van der Waals surface area contributed by atoms with Crippen LogP contribution in [0.3, 0.4) is 0 Å². The van der Waals surface area contributed by atoms with E-state index in [2.05, 4.69) is 16.9 Å². The first kappa shape index (κ1) is 39.3. The number of nitrogens with zero attached hydrogens (tertiary/aromatic N) is 5. The van der Waals surface area contributed by atoms with Crippen LogP contribution in [-0.2, 0) is 44.3 Å². The number of rotatable bonds is 14. The van der Waals surface area contributed by atoms with Crippen molar-refractivity contribution in [2.75, 3.05) is 31.4 Å². The van der Waals surface area contributed by atoms with Crippen molar-refractivity contribution >= 4 is 50.8 Å². The zero-order valence-electron chi connectivity index (χ0n) is 28.7. The second kappa shape index (κ2) is 19.1. The molecule has 0 aliphatic heterocycles. The molecule has 0 aliphatic carbocycles. The third-order valence-corrected chi connectivity index (χ3v) is 7.48. The van der Waals surface area contributed by atoms with Gasteiger partial charge in [-0.05, 0) is 48.7 Å². The maximum atomic E-state index is 13.6. The molecule has 0 spiro atoms. The molecule has 0 fully saturated rings. The van der Waals surface area contributed by atoms with Gasteiger partial charge in [0, 0.05) is 37.3 Å². The molecule has 50 heavy (non-hydrogen) atoms. The van der Waals surface area contributed by atoms with Crippen molar-refractivity contribution in [1.29, 1.82) is 0 Å². The maximum Gasteiger partial charge on any atom is 0.435 e. The summed E-state index contributed by atoms with van der Waals surface area (Å²) in [5.41, 5.74) is 9.79. The predicted molar refractivity (Wildman–Crippen MR) is 191 cm³/mol. The van der Waals surface area contributed by atoms with E-state index in [9.17, 15) is 22.8 Å². The number of aryl methyl sites for hydroxylation is 3. The molecule has 0 saturated carbocycles. The van der Waals surface area contributed by atoms with E-state index in [0.29, 0.717) is 41.7 Å². The van der Waals surface area contributed by atoms with Gasteiger partial charge in [-0.15, -0.1) is 0 Å². The molecule has 15 heteroatoms. The Morgan fingerprint density at radius 2 is 1.70 bits per heavy atom. The van der Waals surface area contributed by atoms with E-state index in [1.807, 2.05) is 41.9 Å². The van der Waals surface area contributed by atoms with Crippen molar-refractivity contribution in [1.82, 2.24) is 14.5 Å². The smallest absolute Gasteiger partial charge is 0.435 e. The van der Waals surface area contributed by atoms with Gasteiger partial charge in [0.2, 0.25) is 0 Å². The second-order valence-corrected chi connectivity index (χ2v) is 12.8. The summed E-state index contributed by atoms with van der Waals surface area (Å²) in [6.07, 6.45) is 7.14. The minimum Gasteiger partial charge on any atom is -0.469 e. The van der Waals surface area contributed by atoms with Crippen molar-refractivity contribution in [2.24, 2.45) is 17.8 Å². The van der Waals surface area contributed by atoms with Crippen LogP contribution in [0.5, 0.6) is 0 Å². The summed E-state index contributed by atoms with van der Waals surface area (Å²) in [6, 6.07) is 18.3. The number of ether oxygens (including phenoxy) is 2. The summed E-state index contributed by atoms with van der Waals surface area (Å²) >= 11 is 0. The van der Waals surface area contributed by atoms with Gasteiger partial charge in [0.15, 0.2) is 0 Å². The summed E-state index contributed by atoms with van der Waals surface area (Å²) in [6.45, 7) is 2.60. The first-order chi connectivity index (χ1) is 23.8. The Bertz CT molecular complexity index is 1870. The third kappa shape index (κ3) is 12.7. The van der Waals surface area contributed by atoms with Crippen LogP contribution in [0.2, 0.25) is 0 Å². The predicted octanol–water partition coefficient (Wildman–Crippen LogP) is 4.89. The molecular weight excluding hydrogens is 664 g/mol. The number of aliphatic imine (C=N–C) groups is 1. The van der Waals surface area contributed by atoms with Crippen molar-refractivity contribution in [3.63, 3.8) is 0 Å². The summed E-state index contributed by atoms with van der Waals surface area (Å²) in [5, 5.41) is 0.